The van der Waals surface area contributed by atoms with Gasteiger partial charge in [0.15, 0.2) is 0 Å². The summed E-state index contributed by atoms with van der Waals surface area (Å²) in [7, 11) is 0. The molecule has 1 heterocycles. The number of carbonyl (C=O) groups excluding carboxylic acids is 2. The molecule has 5 aliphatic rings. The topological polar surface area (TPSA) is 52.7 Å². The lowest BCUT2D eigenvalue weighted by atomic mass is 9.53. The van der Waals surface area contributed by atoms with Crippen LogP contribution in [0.5, 0.6) is 0 Å². The Hall–Kier alpha value is -1.10. The Kier molecular flexibility index (Phi) is 4.10. The average molecular weight is 333 g/mol. The first-order valence-electron chi connectivity index (χ1n) is 9.76. The fourth-order valence-corrected chi connectivity index (χ4v) is 6.22. The van der Waals surface area contributed by atoms with E-state index in [2.05, 4.69) is 10.2 Å². The number of carbonyl (C=O) groups is 2. The lowest BCUT2D eigenvalue weighted by Crippen LogP contribution is -2.63. The molecule has 0 radical (unpaired) electrons. The molecule has 0 spiro atoms. The van der Waals surface area contributed by atoms with E-state index in [0.717, 1.165) is 43.9 Å². The van der Waals surface area contributed by atoms with E-state index >= 15 is 0 Å². The largest absolute Gasteiger partial charge is 0.349 e. The third kappa shape index (κ3) is 2.96. The van der Waals surface area contributed by atoms with Crippen molar-refractivity contribution < 1.29 is 9.59 Å². The summed E-state index contributed by atoms with van der Waals surface area (Å²) >= 11 is 0. The number of hydrogen-bond donors (Lipinski definition) is 1. The molecule has 4 aliphatic carbocycles. The number of nitrogens with zero attached hydrogens (tertiary/aromatic N) is 2. The number of nitrogens with one attached hydrogen (secondary N) is 1. The molecular weight excluding hydrogens is 302 g/mol. The van der Waals surface area contributed by atoms with E-state index in [1.807, 2.05) is 11.8 Å². The molecule has 2 amide bonds. The van der Waals surface area contributed by atoms with E-state index in [-0.39, 0.29) is 23.4 Å². The minimum atomic E-state index is -0.0906. The normalized spacial score (nSPS) is 39.8. The van der Waals surface area contributed by atoms with Gasteiger partial charge in [-0.15, -0.1) is 0 Å². The van der Waals surface area contributed by atoms with Crippen LogP contribution < -0.4 is 5.32 Å². The van der Waals surface area contributed by atoms with Crippen LogP contribution in [0, 0.1) is 17.8 Å². The van der Waals surface area contributed by atoms with E-state index in [1.165, 1.54) is 38.5 Å². The van der Waals surface area contributed by atoms with Gasteiger partial charge < -0.3 is 10.2 Å². The molecule has 1 unspecified atom stereocenters. The minimum Gasteiger partial charge on any atom is -0.349 e. The molecule has 4 bridgehead atoms. The summed E-state index contributed by atoms with van der Waals surface area (Å²) in [6, 6.07) is -0.0906. The second kappa shape index (κ2) is 6.01. The van der Waals surface area contributed by atoms with Crippen molar-refractivity contribution in [3.05, 3.63) is 0 Å². The van der Waals surface area contributed by atoms with Crippen molar-refractivity contribution in [2.24, 2.45) is 17.8 Å². The van der Waals surface area contributed by atoms with Gasteiger partial charge in [-0.3, -0.25) is 14.5 Å². The molecule has 1 saturated heterocycles. The number of piperazine rings is 1. The van der Waals surface area contributed by atoms with Crippen molar-refractivity contribution in [1.29, 1.82) is 0 Å². The zero-order valence-electron chi connectivity index (χ0n) is 15.1. The van der Waals surface area contributed by atoms with Gasteiger partial charge in [0, 0.05) is 38.6 Å². The fraction of sp³-hybridized carbons (Fsp3) is 0.895. The molecule has 4 saturated carbocycles. The summed E-state index contributed by atoms with van der Waals surface area (Å²) in [4.78, 5) is 28.5. The summed E-state index contributed by atoms with van der Waals surface area (Å²) in [5.41, 5.74) is 0.0985. The highest BCUT2D eigenvalue weighted by molar-refractivity contribution is 5.82. The first kappa shape index (κ1) is 16.4. The second-order valence-electron chi connectivity index (χ2n) is 8.91. The van der Waals surface area contributed by atoms with Gasteiger partial charge in [-0.05, 0) is 63.2 Å². The smallest absolute Gasteiger partial charge is 0.237 e. The van der Waals surface area contributed by atoms with Gasteiger partial charge >= 0.3 is 0 Å². The van der Waals surface area contributed by atoms with Crippen molar-refractivity contribution in [3.63, 3.8) is 0 Å². The standard InChI is InChI=1S/C19H31N3O2/c1-13(21-3-5-22(6-4-21)14(2)23)18(24)20-19-10-15-7-16(11-19)9-17(8-15)12-19/h13,15-17H,3-12H2,1-2H3,(H,20,24). The first-order chi connectivity index (χ1) is 11.4. The van der Waals surface area contributed by atoms with E-state index in [0.29, 0.717) is 0 Å². The highest BCUT2D eigenvalue weighted by atomic mass is 16.2. The predicted molar refractivity (Wildman–Crippen MR) is 92.3 cm³/mol. The summed E-state index contributed by atoms with van der Waals surface area (Å²) < 4.78 is 0. The van der Waals surface area contributed by atoms with Crippen molar-refractivity contribution >= 4 is 11.8 Å². The van der Waals surface area contributed by atoms with Crippen LogP contribution in [0.3, 0.4) is 0 Å². The van der Waals surface area contributed by atoms with Crippen LogP contribution in [-0.4, -0.2) is 59.4 Å². The lowest BCUT2D eigenvalue weighted by molar-refractivity contribution is -0.134. The molecule has 5 heteroatoms. The number of hydrogen-bond acceptors (Lipinski definition) is 3. The maximum absolute atomic E-state index is 12.9. The van der Waals surface area contributed by atoms with Crippen LogP contribution in [-0.2, 0) is 9.59 Å². The Morgan fingerprint density at radius 3 is 1.92 bits per heavy atom. The third-order valence-corrected chi connectivity index (χ3v) is 7.11. The Morgan fingerprint density at radius 1 is 0.958 bits per heavy atom. The molecule has 24 heavy (non-hydrogen) atoms. The Labute approximate surface area is 145 Å². The summed E-state index contributed by atoms with van der Waals surface area (Å²) in [6.07, 6.45) is 7.81. The van der Waals surface area contributed by atoms with Crippen molar-refractivity contribution in [2.75, 3.05) is 26.2 Å². The average Bonchev–Trinajstić information content (AvgIpc) is 2.52. The summed E-state index contributed by atoms with van der Waals surface area (Å²) in [5, 5.41) is 3.49. The maximum Gasteiger partial charge on any atom is 0.237 e. The minimum absolute atomic E-state index is 0.0906. The first-order valence-corrected chi connectivity index (χ1v) is 9.76. The van der Waals surface area contributed by atoms with Crippen LogP contribution in [0.4, 0.5) is 0 Å². The van der Waals surface area contributed by atoms with E-state index in [1.54, 1.807) is 6.92 Å². The van der Waals surface area contributed by atoms with Gasteiger partial charge in [0.25, 0.3) is 0 Å². The molecule has 1 aliphatic heterocycles. The molecule has 0 aromatic heterocycles. The number of amides is 2. The van der Waals surface area contributed by atoms with Gasteiger partial charge in [-0.25, -0.2) is 0 Å². The summed E-state index contributed by atoms with van der Waals surface area (Å²) in [5.74, 6) is 2.90. The Bertz CT molecular complexity index is 489. The van der Waals surface area contributed by atoms with Crippen LogP contribution in [0.1, 0.15) is 52.4 Å². The maximum atomic E-state index is 12.9. The highest BCUT2D eigenvalue weighted by Crippen LogP contribution is 2.55. The van der Waals surface area contributed by atoms with E-state index in [9.17, 15) is 9.59 Å². The van der Waals surface area contributed by atoms with Gasteiger partial charge in [-0.1, -0.05) is 0 Å². The molecule has 5 fully saturated rings. The van der Waals surface area contributed by atoms with Gasteiger partial charge in [0.05, 0.1) is 6.04 Å². The van der Waals surface area contributed by atoms with Crippen LogP contribution in [0.25, 0.3) is 0 Å². The SMILES string of the molecule is CC(=O)N1CCN(C(C)C(=O)NC23CC4CC(CC(C4)C2)C3)CC1. The van der Waals surface area contributed by atoms with Crippen molar-refractivity contribution in [2.45, 2.75) is 64.0 Å². The van der Waals surface area contributed by atoms with E-state index < -0.39 is 0 Å². The van der Waals surface area contributed by atoms with Gasteiger partial charge in [0.1, 0.15) is 0 Å². The van der Waals surface area contributed by atoms with Crippen LogP contribution >= 0.6 is 0 Å². The molecule has 134 valence electrons. The Morgan fingerprint density at radius 2 is 1.46 bits per heavy atom. The number of rotatable bonds is 3. The lowest BCUT2D eigenvalue weighted by Gasteiger charge is -2.57. The molecule has 1 atom stereocenters. The molecule has 0 aromatic carbocycles. The molecule has 1 N–H and O–H groups in total. The monoisotopic (exact) mass is 333 g/mol. The van der Waals surface area contributed by atoms with Gasteiger partial charge in [0.2, 0.25) is 11.8 Å². The van der Waals surface area contributed by atoms with Crippen LogP contribution in [0.2, 0.25) is 0 Å². The second-order valence-corrected chi connectivity index (χ2v) is 8.91. The van der Waals surface area contributed by atoms with Crippen molar-refractivity contribution in [1.82, 2.24) is 15.1 Å². The molecular formula is C19H31N3O2. The Balaban J connectivity index is 1.35. The van der Waals surface area contributed by atoms with Gasteiger partial charge in [-0.2, -0.15) is 0 Å². The zero-order chi connectivity index (χ0) is 16.9. The third-order valence-electron chi connectivity index (χ3n) is 7.11. The highest BCUT2D eigenvalue weighted by Gasteiger charge is 2.51. The molecule has 5 nitrogen and oxygen atoms in total. The van der Waals surface area contributed by atoms with Crippen molar-refractivity contribution in [3.8, 4) is 0 Å². The quantitative estimate of drug-likeness (QED) is 0.854. The predicted octanol–water partition coefficient (Wildman–Crippen LogP) is 1.62. The zero-order valence-corrected chi connectivity index (χ0v) is 15.1. The molecule has 0 aromatic rings. The fourth-order valence-electron chi connectivity index (χ4n) is 6.22. The van der Waals surface area contributed by atoms with Crippen LogP contribution in [0.15, 0.2) is 0 Å². The molecule has 5 rings (SSSR count). The summed E-state index contributed by atoms with van der Waals surface area (Å²) in [6.45, 7) is 6.73. The van der Waals surface area contributed by atoms with E-state index in [4.69, 9.17) is 0 Å².